The summed E-state index contributed by atoms with van der Waals surface area (Å²) in [5.74, 6) is -0.00670. The Morgan fingerprint density at radius 2 is 1.90 bits per heavy atom. The molecule has 1 aromatic rings. The highest BCUT2D eigenvalue weighted by molar-refractivity contribution is 5.85. The van der Waals surface area contributed by atoms with E-state index in [1.165, 1.54) is 6.08 Å². The zero-order valence-electron chi connectivity index (χ0n) is 11.9. The van der Waals surface area contributed by atoms with Gasteiger partial charge < -0.3 is 14.5 Å². The quantitative estimate of drug-likeness (QED) is 0.584. The molecule has 0 bridgehead atoms. The molecule has 21 heavy (non-hydrogen) atoms. The minimum Gasteiger partial charge on any atom is -0.452 e. The minimum absolute atomic E-state index is 0.179. The Bertz CT molecular complexity index is 510. The Morgan fingerprint density at radius 3 is 2.52 bits per heavy atom. The van der Waals surface area contributed by atoms with Crippen molar-refractivity contribution in [3.63, 3.8) is 0 Å². The van der Waals surface area contributed by atoms with Gasteiger partial charge in [-0.3, -0.25) is 4.79 Å². The Balaban J connectivity index is 1.78. The van der Waals surface area contributed by atoms with Crippen LogP contribution in [-0.4, -0.2) is 59.5 Å². The molecule has 7 heteroatoms. The Labute approximate surface area is 123 Å². The minimum atomic E-state index is -0.498. The number of amides is 1. The standard InChI is InChI=1S/C14H18N4O3/c1-2-4-13(20)21-11-12(19)17-7-9-18(10-8-17)14-15-5-3-6-16-14/h2-6H,7-11H2,1H3/b4-2+. The van der Waals surface area contributed by atoms with Crippen LogP contribution in [0.15, 0.2) is 30.6 Å². The molecule has 1 aliphatic heterocycles. The fourth-order valence-corrected chi connectivity index (χ4v) is 2.02. The molecule has 0 spiro atoms. The summed E-state index contributed by atoms with van der Waals surface area (Å²) < 4.78 is 4.85. The van der Waals surface area contributed by atoms with Gasteiger partial charge in [-0.05, 0) is 13.0 Å². The number of nitrogens with zero attached hydrogens (tertiary/aromatic N) is 4. The van der Waals surface area contributed by atoms with E-state index in [1.54, 1.807) is 36.4 Å². The number of allylic oxidation sites excluding steroid dienone is 1. The molecule has 0 saturated carbocycles. The summed E-state index contributed by atoms with van der Waals surface area (Å²) in [4.78, 5) is 35.2. The van der Waals surface area contributed by atoms with Gasteiger partial charge in [0.15, 0.2) is 6.61 Å². The van der Waals surface area contributed by atoms with Gasteiger partial charge in [0, 0.05) is 44.6 Å². The molecule has 1 amide bonds. The number of aromatic nitrogens is 2. The third-order valence-electron chi connectivity index (χ3n) is 3.11. The van der Waals surface area contributed by atoms with Crippen molar-refractivity contribution in [2.75, 3.05) is 37.7 Å². The summed E-state index contributed by atoms with van der Waals surface area (Å²) in [6.45, 7) is 3.96. The maximum Gasteiger partial charge on any atom is 0.330 e. The van der Waals surface area contributed by atoms with E-state index in [9.17, 15) is 9.59 Å². The third-order valence-corrected chi connectivity index (χ3v) is 3.11. The van der Waals surface area contributed by atoms with Crippen LogP contribution in [0.5, 0.6) is 0 Å². The van der Waals surface area contributed by atoms with Gasteiger partial charge in [0.2, 0.25) is 5.95 Å². The highest BCUT2D eigenvalue weighted by Gasteiger charge is 2.22. The van der Waals surface area contributed by atoms with Crippen LogP contribution in [0.1, 0.15) is 6.92 Å². The molecule has 1 aliphatic rings. The number of anilines is 1. The SMILES string of the molecule is C/C=C/C(=O)OCC(=O)N1CCN(c2ncccn2)CC1. The lowest BCUT2D eigenvalue weighted by Crippen LogP contribution is -2.50. The van der Waals surface area contributed by atoms with Crippen LogP contribution in [0.4, 0.5) is 5.95 Å². The lowest BCUT2D eigenvalue weighted by Gasteiger charge is -2.34. The maximum absolute atomic E-state index is 11.9. The van der Waals surface area contributed by atoms with Gasteiger partial charge in [0.1, 0.15) is 0 Å². The molecule has 0 atom stereocenters. The van der Waals surface area contributed by atoms with E-state index in [2.05, 4.69) is 9.97 Å². The van der Waals surface area contributed by atoms with Crippen molar-refractivity contribution in [1.82, 2.24) is 14.9 Å². The van der Waals surface area contributed by atoms with Crippen LogP contribution in [0, 0.1) is 0 Å². The predicted molar refractivity (Wildman–Crippen MR) is 76.6 cm³/mol. The lowest BCUT2D eigenvalue weighted by atomic mass is 10.3. The molecular formula is C14H18N4O3. The summed E-state index contributed by atoms with van der Waals surface area (Å²) >= 11 is 0. The lowest BCUT2D eigenvalue weighted by molar-refractivity contribution is -0.148. The number of hydrogen-bond donors (Lipinski definition) is 0. The fourth-order valence-electron chi connectivity index (χ4n) is 2.02. The van der Waals surface area contributed by atoms with Crippen LogP contribution < -0.4 is 4.90 Å². The normalized spacial score (nSPS) is 15.3. The second-order valence-corrected chi connectivity index (χ2v) is 4.52. The Hall–Kier alpha value is -2.44. The van der Waals surface area contributed by atoms with Crippen LogP contribution in [0.25, 0.3) is 0 Å². The first kappa shape index (κ1) is 15.0. The molecule has 0 aliphatic carbocycles. The van der Waals surface area contributed by atoms with Crippen molar-refractivity contribution in [2.24, 2.45) is 0 Å². The molecular weight excluding hydrogens is 272 g/mol. The Kier molecular flexibility index (Phi) is 5.25. The summed E-state index contributed by atoms with van der Waals surface area (Å²) in [5, 5.41) is 0. The molecule has 0 radical (unpaired) electrons. The molecule has 7 nitrogen and oxygen atoms in total. The highest BCUT2D eigenvalue weighted by atomic mass is 16.5. The monoisotopic (exact) mass is 290 g/mol. The van der Waals surface area contributed by atoms with Gasteiger partial charge in [0.05, 0.1) is 0 Å². The second-order valence-electron chi connectivity index (χ2n) is 4.52. The van der Waals surface area contributed by atoms with Crippen LogP contribution >= 0.6 is 0 Å². The van der Waals surface area contributed by atoms with Crippen LogP contribution in [0.2, 0.25) is 0 Å². The zero-order valence-corrected chi connectivity index (χ0v) is 11.9. The topological polar surface area (TPSA) is 75.6 Å². The van der Waals surface area contributed by atoms with Gasteiger partial charge >= 0.3 is 5.97 Å². The molecule has 0 aromatic carbocycles. The molecule has 0 unspecified atom stereocenters. The molecule has 2 rings (SSSR count). The van der Waals surface area contributed by atoms with Gasteiger partial charge in [-0.1, -0.05) is 6.08 Å². The first-order valence-corrected chi connectivity index (χ1v) is 6.80. The average molecular weight is 290 g/mol. The van der Waals surface area contributed by atoms with E-state index >= 15 is 0 Å². The predicted octanol–water partition coefficient (Wildman–Crippen LogP) is 0.244. The zero-order chi connectivity index (χ0) is 15.1. The van der Waals surface area contributed by atoms with Gasteiger partial charge in [-0.2, -0.15) is 0 Å². The molecule has 112 valence electrons. The van der Waals surface area contributed by atoms with Crippen molar-refractivity contribution in [3.05, 3.63) is 30.6 Å². The van der Waals surface area contributed by atoms with E-state index in [0.717, 1.165) is 0 Å². The third kappa shape index (κ3) is 4.27. The maximum atomic E-state index is 11.9. The van der Waals surface area contributed by atoms with Crippen molar-refractivity contribution >= 4 is 17.8 Å². The summed E-state index contributed by atoms with van der Waals surface area (Å²) in [6.07, 6.45) is 6.25. The van der Waals surface area contributed by atoms with Gasteiger partial charge in [0.25, 0.3) is 5.91 Å². The number of ether oxygens (including phenoxy) is 1. The van der Waals surface area contributed by atoms with E-state index in [1.807, 2.05) is 4.90 Å². The van der Waals surface area contributed by atoms with E-state index in [-0.39, 0.29) is 12.5 Å². The van der Waals surface area contributed by atoms with Crippen LogP contribution in [-0.2, 0) is 14.3 Å². The number of carbonyl (C=O) groups excluding carboxylic acids is 2. The molecule has 1 fully saturated rings. The van der Waals surface area contributed by atoms with Crippen molar-refractivity contribution in [1.29, 1.82) is 0 Å². The van der Waals surface area contributed by atoms with E-state index in [0.29, 0.717) is 32.1 Å². The van der Waals surface area contributed by atoms with Gasteiger partial charge in [-0.15, -0.1) is 0 Å². The second kappa shape index (κ2) is 7.37. The molecule has 1 aromatic heterocycles. The van der Waals surface area contributed by atoms with Crippen LogP contribution in [0.3, 0.4) is 0 Å². The number of hydrogen-bond acceptors (Lipinski definition) is 6. The summed E-state index contributed by atoms with van der Waals surface area (Å²) in [5.41, 5.74) is 0. The molecule has 0 N–H and O–H groups in total. The number of carbonyl (C=O) groups is 2. The van der Waals surface area contributed by atoms with E-state index < -0.39 is 5.97 Å². The van der Waals surface area contributed by atoms with Crippen molar-refractivity contribution in [2.45, 2.75) is 6.92 Å². The smallest absolute Gasteiger partial charge is 0.330 e. The number of esters is 1. The summed E-state index contributed by atoms with van der Waals surface area (Å²) in [7, 11) is 0. The van der Waals surface area contributed by atoms with Crippen molar-refractivity contribution in [3.8, 4) is 0 Å². The van der Waals surface area contributed by atoms with Crippen molar-refractivity contribution < 1.29 is 14.3 Å². The molecule has 1 saturated heterocycles. The average Bonchev–Trinajstić information content (AvgIpc) is 2.54. The number of rotatable bonds is 4. The highest BCUT2D eigenvalue weighted by Crippen LogP contribution is 2.09. The Morgan fingerprint density at radius 1 is 1.24 bits per heavy atom. The van der Waals surface area contributed by atoms with E-state index in [4.69, 9.17) is 4.74 Å². The largest absolute Gasteiger partial charge is 0.452 e. The number of piperazine rings is 1. The molecule has 2 heterocycles. The summed E-state index contributed by atoms with van der Waals surface area (Å²) in [6, 6.07) is 1.77. The fraction of sp³-hybridized carbons (Fsp3) is 0.429. The first-order valence-electron chi connectivity index (χ1n) is 6.80. The first-order chi connectivity index (χ1) is 10.2. The van der Waals surface area contributed by atoms with Gasteiger partial charge in [-0.25, -0.2) is 14.8 Å².